The van der Waals surface area contributed by atoms with Gasteiger partial charge in [0.1, 0.15) is 0 Å². The molecule has 0 radical (unpaired) electrons. The highest BCUT2D eigenvalue weighted by Gasteiger charge is 2.36. The van der Waals surface area contributed by atoms with Crippen LogP contribution in [-0.4, -0.2) is 47.7 Å². The van der Waals surface area contributed by atoms with Crippen molar-refractivity contribution in [3.8, 4) is 0 Å². The number of hydrogen-bond donors (Lipinski definition) is 1. The highest BCUT2D eigenvalue weighted by atomic mass is 16.5. The third kappa shape index (κ3) is 3.45. The minimum absolute atomic E-state index is 0.0299. The van der Waals surface area contributed by atoms with Gasteiger partial charge in [0.25, 0.3) is 0 Å². The molecule has 1 unspecified atom stereocenters. The second-order valence-corrected chi connectivity index (χ2v) is 5.94. The van der Waals surface area contributed by atoms with Crippen molar-refractivity contribution in [2.75, 3.05) is 20.2 Å². The standard InChI is InChI=1S/C13H23NO4/c1-12(2,11(16)17)8-10(15)14-7-5-6-13(3,9-14)18-4/h5-9H2,1-4H3,(H,16,17). The monoisotopic (exact) mass is 257 g/mol. The summed E-state index contributed by atoms with van der Waals surface area (Å²) in [6, 6.07) is 0. The van der Waals surface area contributed by atoms with Crippen LogP contribution in [0, 0.1) is 5.41 Å². The molecular formula is C13H23NO4. The number of nitrogens with zero attached hydrogens (tertiary/aromatic N) is 1. The molecule has 1 aliphatic heterocycles. The van der Waals surface area contributed by atoms with E-state index in [0.29, 0.717) is 13.1 Å². The number of hydrogen-bond acceptors (Lipinski definition) is 3. The zero-order chi connectivity index (χ0) is 14.0. The fourth-order valence-corrected chi connectivity index (χ4v) is 2.15. The van der Waals surface area contributed by atoms with Crippen LogP contribution < -0.4 is 0 Å². The predicted molar refractivity (Wildman–Crippen MR) is 67.3 cm³/mol. The molecule has 18 heavy (non-hydrogen) atoms. The van der Waals surface area contributed by atoms with E-state index in [4.69, 9.17) is 9.84 Å². The first kappa shape index (κ1) is 15.0. The van der Waals surface area contributed by atoms with Gasteiger partial charge < -0.3 is 14.7 Å². The van der Waals surface area contributed by atoms with E-state index in [9.17, 15) is 9.59 Å². The molecule has 1 fully saturated rings. The molecule has 1 N–H and O–H groups in total. The van der Waals surface area contributed by atoms with Gasteiger partial charge in [-0.2, -0.15) is 0 Å². The second kappa shape index (κ2) is 5.26. The molecule has 104 valence electrons. The SMILES string of the molecule is COC1(C)CCCN(C(=O)CC(C)(C)C(=O)O)C1. The minimum Gasteiger partial charge on any atom is -0.481 e. The number of piperidine rings is 1. The Morgan fingerprint density at radius 3 is 2.56 bits per heavy atom. The maximum absolute atomic E-state index is 12.1. The van der Waals surface area contributed by atoms with Gasteiger partial charge in [-0.3, -0.25) is 9.59 Å². The van der Waals surface area contributed by atoms with Gasteiger partial charge in [0.2, 0.25) is 5.91 Å². The number of aliphatic carboxylic acids is 1. The van der Waals surface area contributed by atoms with Crippen molar-refractivity contribution in [2.45, 2.75) is 45.6 Å². The Labute approximate surface area is 108 Å². The maximum atomic E-state index is 12.1. The zero-order valence-corrected chi connectivity index (χ0v) is 11.7. The number of carboxylic acids is 1. The number of ether oxygens (including phenoxy) is 1. The van der Waals surface area contributed by atoms with Crippen molar-refractivity contribution in [3.63, 3.8) is 0 Å². The number of carbonyl (C=O) groups excluding carboxylic acids is 1. The third-order valence-electron chi connectivity index (χ3n) is 3.68. The Balaban J connectivity index is 2.65. The van der Waals surface area contributed by atoms with Gasteiger partial charge in [0.15, 0.2) is 0 Å². The molecule has 0 aromatic heterocycles. The average molecular weight is 257 g/mol. The highest BCUT2D eigenvalue weighted by molar-refractivity contribution is 5.84. The molecule has 1 atom stereocenters. The van der Waals surface area contributed by atoms with Crippen LogP contribution >= 0.6 is 0 Å². The fraction of sp³-hybridized carbons (Fsp3) is 0.846. The number of likely N-dealkylation sites (tertiary alicyclic amines) is 1. The molecule has 0 aromatic rings. The zero-order valence-electron chi connectivity index (χ0n) is 11.7. The molecule has 0 aliphatic carbocycles. The first-order chi connectivity index (χ1) is 8.20. The molecule has 5 heteroatoms. The summed E-state index contributed by atoms with van der Waals surface area (Å²) >= 11 is 0. The number of rotatable bonds is 4. The van der Waals surface area contributed by atoms with E-state index in [1.807, 2.05) is 6.92 Å². The van der Waals surface area contributed by atoms with Gasteiger partial charge in [-0.05, 0) is 33.6 Å². The third-order valence-corrected chi connectivity index (χ3v) is 3.68. The normalized spacial score (nSPS) is 25.0. The van der Waals surface area contributed by atoms with Crippen LogP contribution in [0.5, 0.6) is 0 Å². The van der Waals surface area contributed by atoms with E-state index in [2.05, 4.69) is 0 Å². The van der Waals surface area contributed by atoms with Crippen molar-refractivity contribution in [1.82, 2.24) is 4.90 Å². The molecule has 5 nitrogen and oxygen atoms in total. The number of amides is 1. The summed E-state index contributed by atoms with van der Waals surface area (Å²) < 4.78 is 5.43. The Kier molecular flexibility index (Phi) is 4.37. The molecule has 1 aliphatic rings. The molecule has 1 rings (SSSR count). The quantitative estimate of drug-likeness (QED) is 0.829. The Morgan fingerprint density at radius 1 is 1.44 bits per heavy atom. The van der Waals surface area contributed by atoms with Crippen LogP contribution in [-0.2, 0) is 14.3 Å². The first-order valence-electron chi connectivity index (χ1n) is 6.26. The van der Waals surface area contributed by atoms with Gasteiger partial charge in [-0.15, -0.1) is 0 Å². The smallest absolute Gasteiger partial charge is 0.309 e. The highest BCUT2D eigenvalue weighted by Crippen LogP contribution is 2.27. The number of carbonyl (C=O) groups is 2. The summed E-state index contributed by atoms with van der Waals surface area (Å²) in [7, 11) is 1.65. The molecule has 0 saturated carbocycles. The molecule has 1 amide bonds. The second-order valence-electron chi connectivity index (χ2n) is 5.94. The topological polar surface area (TPSA) is 66.8 Å². The number of methoxy groups -OCH3 is 1. The van der Waals surface area contributed by atoms with Crippen molar-refractivity contribution in [2.24, 2.45) is 5.41 Å². The lowest BCUT2D eigenvalue weighted by Gasteiger charge is -2.40. The largest absolute Gasteiger partial charge is 0.481 e. The lowest BCUT2D eigenvalue weighted by atomic mass is 9.87. The molecule has 0 spiro atoms. The molecule has 1 heterocycles. The minimum atomic E-state index is -1.02. The summed E-state index contributed by atoms with van der Waals surface area (Å²) in [5, 5.41) is 9.04. The van der Waals surface area contributed by atoms with Crippen molar-refractivity contribution in [1.29, 1.82) is 0 Å². The summed E-state index contributed by atoms with van der Waals surface area (Å²) in [4.78, 5) is 24.9. The van der Waals surface area contributed by atoms with Gasteiger partial charge in [0, 0.05) is 26.6 Å². The van der Waals surface area contributed by atoms with E-state index in [1.54, 1.807) is 25.9 Å². The van der Waals surface area contributed by atoms with Crippen LogP contribution in [0.1, 0.15) is 40.0 Å². The van der Waals surface area contributed by atoms with E-state index >= 15 is 0 Å². The van der Waals surface area contributed by atoms with Crippen molar-refractivity contribution < 1.29 is 19.4 Å². The fourth-order valence-electron chi connectivity index (χ4n) is 2.15. The van der Waals surface area contributed by atoms with Crippen LogP contribution in [0.25, 0.3) is 0 Å². The molecule has 0 bridgehead atoms. The van der Waals surface area contributed by atoms with E-state index in [-0.39, 0.29) is 17.9 Å². The van der Waals surface area contributed by atoms with Crippen molar-refractivity contribution >= 4 is 11.9 Å². The Bertz CT molecular complexity index is 340. The molecule has 1 saturated heterocycles. The van der Waals surface area contributed by atoms with Gasteiger partial charge >= 0.3 is 5.97 Å². The Hall–Kier alpha value is -1.10. The van der Waals surface area contributed by atoms with E-state index < -0.39 is 11.4 Å². The summed E-state index contributed by atoms with van der Waals surface area (Å²) in [6.07, 6.45) is 1.85. The van der Waals surface area contributed by atoms with Gasteiger partial charge in [-0.25, -0.2) is 0 Å². The summed E-state index contributed by atoms with van der Waals surface area (Å²) in [5.74, 6) is -1.05. The first-order valence-corrected chi connectivity index (χ1v) is 6.26. The molecular weight excluding hydrogens is 234 g/mol. The van der Waals surface area contributed by atoms with Crippen LogP contribution in [0.4, 0.5) is 0 Å². The van der Waals surface area contributed by atoms with Crippen LogP contribution in [0.2, 0.25) is 0 Å². The molecule has 0 aromatic carbocycles. The van der Waals surface area contributed by atoms with Gasteiger partial charge in [0.05, 0.1) is 11.0 Å². The maximum Gasteiger partial charge on any atom is 0.309 e. The van der Waals surface area contributed by atoms with Crippen molar-refractivity contribution in [3.05, 3.63) is 0 Å². The lowest BCUT2D eigenvalue weighted by molar-refractivity contribution is -0.153. The van der Waals surface area contributed by atoms with Gasteiger partial charge in [-0.1, -0.05) is 0 Å². The lowest BCUT2D eigenvalue weighted by Crippen LogP contribution is -2.50. The summed E-state index contributed by atoms with van der Waals surface area (Å²) in [6.45, 7) is 6.36. The summed E-state index contributed by atoms with van der Waals surface area (Å²) in [5.41, 5.74) is -1.32. The predicted octanol–water partition coefficient (Wildman–Crippen LogP) is 1.51. The van der Waals surface area contributed by atoms with E-state index in [0.717, 1.165) is 12.8 Å². The van der Waals surface area contributed by atoms with E-state index in [1.165, 1.54) is 0 Å². The average Bonchev–Trinajstić information content (AvgIpc) is 2.28. The van der Waals surface area contributed by atoms with Crippen LogP contribution in [0.15, 0.2) is 0 Å². The Morgan fingerprint density at radius 2 is 2.06 bits per heavy atom. The number of carboxylic acid groups (broad SMARTS) is 1. The van der Waals surface area contributed by atoms with Crippen LogP contribution in [0.3, 0.4) is 0 Å².